The highest BCUT2D eigenvalue weighted by Crippen LogP contribution is 2.26. The summed E-state index contributed by atoms with van der Waals surface area (Å²) in [6, 6.07) is 20.0. The van der Waals surface area contributed by atoms with Crippen molar-refractivity contribution in [2.75, 3.05) is 5.32 Å². The van der Waals surface area contributed by atoms with E-state index in [0.29, 0.717) is 29.3 Å². The fourth-order valence-corrected chi connectivity index (χ4v) is 3.12. The number of benzene rings is 2. The van der Waals surface area contributed by atoms with E-state index >= 15 is 0 Å². The normalized spacial score (nSPS) is 15.7. The molecule has 140 valence electrons. The van der Waals surface area contributed by atoms with Crippen molar-refractivity contribution in [1.29, 1.82) is 0 Å². The van der Waals surface area contributed by atoms with Crippen LogP contribution in [0.4, 0.5) is 5.69 Å². The summed E-state index contributed by atoms with van der Waals surface area (Å²) in [5, 5.41) is 5.83. The third kappa shape index (κ3) is 4.17. The molecule has 0 bridgehead atoms. The summed E-state index contributed by atoms with van der Waals surface area (Å²) in [5.41, 5.74) is 2.10. The van der Waals surface area contributed by atoms with E-state index < -0.39 is 0 Å². The Morgan fingerprint density at radius 1 is 1.07 bits per heavy atom. The molecule has 0 aliphatic carbocycles. The first-order valence-corrected chi connectivity index (χ1v) is 9.07. The number of hydrogen-bond acceptors (Lipinski definition) is 4. The molecule has 4 rings (SSSR count). The largest absolute Gasteiger partial charge is 0.439 e. The van der Waals surface area contributed by atoms with E-state index in [9.17, 15) is 9.59 Å². The molecule has 1 atom stereocenters. The summed E-state index contributed by atoms with van der Waals surface area (Å²) in [7, 11) is 0. The SMILES string of the molecule is O=C1CCC(c2cccc(NC(=O)c3ccnc(Oc4ccccc4)c3)c2)N1. The predicted molar refractivity (Wildman–Crippen MR) is 105 cm³/mol. The van der Waals surface area contributed by atoms with Crippen LogP contribution in [0, 0.1) is 0 Å². The van der Waals surface area contributed by atoms with Gasteiger partial charge in [-0.3, -0.25) is 9.59 Å². The third-order valence-corrected chi connectivity index (χ3v) is 4.50. The molecular formula is C22H19N3O3. The fourth-order valence-electron chi connectivity index (χ4n) is 3.12. The quantitative estimate of drug-likeness (QED) is 0.706. The first kappa shape index (κ1) is 17.7. The molecular weight excluding hydrogens is 354 g/mol. The summed E-state index contributed by atoms with van der Waals surface area (Å²) in [6.07, 6.45) is 2.83. The minimum absolute atomic E-state index is 0.00356. The van der Waals surface area contributed by atoms with Gasteiger partial charge in [-0.05, 0) is 42.3 Å². The van der Waals surface area contributed by atoms with Gasteiger partial charge in [-0.25, -0.2) is 4.98 Å². The van der Waals surface area contributed by atoms with E-state index in [-0.39, 0.29) is 17.9 Å². The zero-order chi connectivity index (χ0) is 19.3. The minimum atomic E-state index is -0.257. The maximum absolute atomic E-state index is 12.6. The van der Waals surface area contributed by atoms with E-state index in [4.69, 9.17) is 4.74 Å². The Morgan fingerprint density at radius 3 is 2.71 bits per heavy atom. The highest BCUT2D eigenvalue weighted by Gasteiger charge is 2.22. The molecule has 2 heterocycles. The second-order valence-corrected chi connectivity index (χ2v) is 6.54. The van der Waals surface area contributed by atoms with Gasteiger partial charge in [0.1, 0.15) is 5.75 Å². The first-order chi connectivity index (χ1) is 13.7. The van der Waals surface area contributed by atoms with Gasteiger partial charge in [-0.2, -0.15) is 0 Å². The van der Waals surface area contributed by atoms with Crippen LogP contribution >= 0.6 is 0 Å². The molecule has 0 spiro atoms. The maximum atomic E-state index is 12.6. The second-order valence-electron chi connectivity index (χ2n) is 6.54. The van der Waals surface area contributed by atoms with Crippen molar-refractivity contribution in [3.05, 3.63) is 84.1 Å². The van der Waals surface area contributed by atoms with Crippen LogP contribution in [-0.2, 0) is 4.79 Å². The van der Waals surface area contributed by atoms with Gasteiger partial charge in [0, 0.05) is 29.9 Å². The van der Waals surface area contributed by atoms with Crippen LogP contribution < -0.4 is 15.4 Å². The molecule has 28 heavy (non-hydrogen) atoms. The summed E-state index contributed by atoms with van der Waals surface area (Å²) >= 11 is 0. The van der Waals surface area contributed by atoms with E-state index in [1.165, 1.54) is 6.20 Å². The molecule has 1 aliphatic heterocycles. The molecule has 1 aliphatic rings. The zero-order valence-electron chi connectivity index (χ0n) is 15.1. The van der Waals surface area contributed by atoms with Crippen LogP contribution in [0.2, 0.25) is 0 Å². The van der Waals surface area contributed by atoms with E-state index in [2.05, 4.69) is 15.6 Å². The molecule has 1 fully saturated rings. The van der Waals surface area contributed by atoms with Crippen LogP contribution in [0.15, 0.2) is 72.9 Å². The number of ether oxygens (including phenoxy) is 1. The smallest absolute Gasteiger partial charge is 0.255 e. The molecule has 0 saturated carbocycles. The lowest BCUT2D eigenvalue weighted by atomic mass is 10.0. The lowest BCUT2D eigenvalue weighted by Crippen LogP contribution is -2.18. The number of amides is 2. The number of aromatic nitrogens is 1. The second kappa shape index (κ2) is 7.92. The molecule has 2 aromatic carbocycles. The van der Waals surface area contributed by atoms with Gasteiger partial charge in [0.15, 0.2) is 0 Å². The van der Waals surface area contributed by atoms with Crippen LogP contribution in [0.1, 0.15) is 34.8 Å². The van der Waals surface area contributed by atoms with Crippen molar-refractivity contribution in [3.8, 4) is 11.6 Å². The van der Waals surface area contributed by atoms with Gasteiger partial charge in [0.2, 0.25) is 11.8 Å². The van der Waals surface area contributed by atoms with Crippen LogP contribution in [0.25, 0.3) is 0 Å². The van der Waals surface area contributed by atoms with Crippen LogP contribution in [0.5, 0.6) is 11.6 Å². The number of nitrogens with one attached hydrogen (secondary N) is 2. The monoisotopic (exact) mass is 373 g/mol. The van der Waals surface area contributed by atoms with E-state index in [1.807, 2.05) is 54.6 Å². The lowest BCUT2D eigenvalue weighted by molar-refractivity contribution is -0.119. The maximum Gasteiger partial charge on any atom is 0.255 e. The third-order valence-electron chi connectivity index (χ3n) is 4.50. The Labute approximate surface area is 162 Å². The lowest BCUT2D eigenvalue weighted by Gasteiger charge is -2.13. The fraction of sp³-hybridized carbons (Fsp3) is 0.136. The average molecular weight is 373 g/mol. The van der Waals surface area contributed by atoms with Crippen molar-refractivity contribution < 1.29 is 14.3 Å². The van der Waals surface area contributed by atoms with Crippen molar-refractivity contribution in [2.24, 2.45) is 0 Å². The molecule has 6 heteroatoms. The summed E-state index contributed by atoms with van der Waals surface area (Å²) in [6.45, 7) is 0. The van der Waals surface area contributed by atoms with Gasteiger partial charge < -0.3 is 15.4 Å². The molecule has 0 radical (unpaired) electrons. The zero-order valence-corrected chi connectivity index (χ0v) is 15.1. The summed E-state index contributed by atoms with van der Waals surface area (Å²) < 4.78 is 5.68. The Bertz CT molecular complexity index is 1000. The van der Waals surface area contributed by atoms with E-state index in [0.717, 1.165) is 12.0 Å². The van der Waals surface area contributed by atoms with Gasteiger partial charge in [-0.15, -0.1) is 0 Å². The number of hydrogen-bond donors (Lipinski definition) is 2. The molecule has 6 nitrogen and oxygen atoms in total. The Kier molecular flexibility index (Phi) is 5.01. The van der Waals surface area contributed by atoms with Crippen molar-refractivity contribution >= 4 is 17.5 Å². The number of rotatable bonds is 5. The topological polar surface area (TPSA) is 80.3 Å². The van der Waals surface area contributed by atoms with Crippen molar-refractivity contribution in [3.63, 3.8) is 0 Å². The first-order valence-electron chi connectivity index (χ1n) is 9.07. The summed E-state index contributed by atoms with van der Waals surface area (Å²) in [4.78, 5) is 28.2. The standard InChI is InChI=1S/C22H19N3O3/c26-20-10-9-19(25-20)15-5-4-6-17(13-15)24-22(27)16-11-12-23-21(14-16)28-18-7-2-1-3-8-18/h1-8,11-14,19H,9-10H2,(H,24,27)(H,25,26). The van der Waals surface area contributed by atoms with Gasteiger partial charge in [0.05, 0.1) is 6.04 Å². The Morgan fingerprint density at radius 2 is 1.93 bits per heavy atom. The van der Waals surface area contributed by atoms with Gasteiger partial charge >= 0.3 is 0 Å². The number of pyridine rings is 1. The number of anilines is 1. The van der Waals surface area contributed by atoms with Crippen molar-refractivity contribution in [2.45, 2.75) is 18.9 Å². The molecule has 2 amide bonds. The number of para-hydroxylation sites is 1. The minimum Gasteiger partial charge on any atom is -0.439 e. The van der Waals surface area contributed by atoms with Gasteiger partial charge in [-0.1, -0.05) is 30.3 Å². The highest BCUT2D eigenvalue weighted by molar-refractivity contribution is 6.04. The number of carbonyl (C=O) groups excluding carboxylic acids is 2. The van der Waals surface area contributed by atoms with E-state index in [1.54, 1.807) is 12.1 Å². The Balaban J connectivity index is 1.46. The molecule has 3 aromatic rings. The molecule has 1 aromatic heterocycles. The number of nitrogens with zero attached hydrogens (tertiary/aromatic N) is 1. The molecule has 1 unspecified atom stereocenters. The van der Waals surface area contributed by atoms with Gasteiger partial charge in [0.25, 0.3) is 5.91 Å². The average Bonchev–Trinajstić information content (AvgIpc) is 3.16. The van der Waals surface area contributed by atoms with Crippen LogP contribution in [0.3, 0.4) is 0 Å². The Hall–Kier alpha value is -3.67. The van der Waals surface area contributed by atoms with Crippen LogP contribution in [-0.4, -0.2) is 16.8 Å². The summed E-state index contributed by atoms with van der Waals surface area (Å²) in [5.74, 6) is 0.801. The predicted octanol–water partition coefficient (Wildman–Crippen LogP) is 4.08. The van der Waals surface area contributed by atoms with Crippen molar-refractivity contribution in [1.82, 2.24) is 10.3 Å². The molecule has 2 N–H and O–H groups in total. The number of carbonyl (C=O) groups is 2. The highest BCUT2D eigenvalue weighted by atomic mass is 16.5. The molecule has 1 saturated heterocycles.